The highest BCUT2D eigenvalue weighted by Crippen LogP contribution is 2.37. The average Bonchev–Trinajstić information content (AvgIpc) is 2.44. The molecule has 21 heavy (non-hydrogen) atoms. The highest BCUT2D eigenvalue weighted by atomic mass is 79.9. The fourth-order valence-electron chi connectivity index (χ4n) is 1.72. The lowest BCUT2D eigenvalue weighted by atomic mass is 10.2. The molecule has 0 radical (unpaired) electrons. The lowest BCUT2D eigenvalue weighted by Crippen LogP contribution is -2.22. The number of methoxy groups -OCH3 is 1. The van der Waals surface area contributed by atoms with Gasteiger partial charge in [-0.15, -0.1) is 0 Å². The molecule has 4 nitrogen and oxygen atoms in total. The van der Waals surface area contributed by atoms with E-state index in [1.807, 2.05) is 19.9 Å². The van der Waals surface area contributed by atoms with Crippen molar-refractivity contribution in [2.24, 2.45) is 0 Å². The van der Waals surface area contributed by atoms with Gasteiger partial charge in [0, 0.05) is 19.7 Å². The lowest BCUT2D eigenvalue weighted by molar-refractivity contribution is 0.0700. The number of hydrogen-bond acceptors (Lipinski definition) is 4. The molecule has 0 saturated heterocycles. The Kier molecular flexibility index (Phi) is 8.07. The Morgan fingerprint density at radius 1 is 1.19 bits per heavy atom. The van der Waals surface area contributed by atoms with Gasteiger partial charge in [0.25, 0.3) is 0 Å². The Bertz CT molecular complexity index is 438. The van der Waals surface area contributed by atoms with Crippen molar-refractivity contribution in [2.75, 3.05) is 20.3 Å². The van der Waals surface area contributed by atoms with Gasteiger partial charge in [-0.2, -0.15) is 0 Å². The van der Waals surface area contributed by atoms with Crippen LogP contribution in [0.25, 0.3) is 0 Å². The van der Waals surface area contributed by atoms with Gasteiger partial charge in [-0.05, 0) is 47.5 Å². The highest BCUT2D eigenvalue weighted by Gasteiger charge is 2.13. The van der Waals surface area contributed by atoms with Gasteiger partial charge < -0.3 is 19.5 Å². The molecule has 0 saturated carbocycles. The SMILES string of the molecule is CCOc1cc(CNC(C)C)cc(Br)c1OCC(C)OC. The maximum Gasteiger partial charge on any atom is 0.175 e. The minimum atomic E-state index is 0.0358. The highest BCUT2D eigenvalue weighted by molar-refractivity contribution is 9.10. The zero-order chi connectivity index (χ0) is 15.8. The quantitative estimate of drug-likeness (QED) is 0.728. The maximum atomic E-state index is 5.84. The smallest absolute Gasteiger partial charge is 0.175 e. The third kappa shape index (κ3) is 6.24. The normalized spacial score (nSPS) is 12.5. The Labute approximate surface area is 136 Å². The first-order valence-corrected chi connectivity index (χ1v) is 8.11. The van der Waals surface area contributed by atoms with Gasteiger partial charge in [-0.3, -0.25) is 0 Å². The van der Waals surface area contributed by atoms with Crippen molar-refractivity contribution >= 4 is 15.9 Å². The van der Waals surface area contributed by atoms with E-state index >= 15 is 0 Å². The first-order valence-electron chi connectivity index (χ1n) is 7.32. The van der Waals surface area contributed by atoms with Crippen molar-refractivity contribution in [3.63, 3.8) is 0 Å². The molecule has 120 valence electrons. The molecule has 1 unspecified atom stereocenters. The van der Waals surface area contributed by atoms with Gasteiger partial charge in [0.15, 0.2) is 11.5 Å². The molecule has 0 spiro atoms. The Morgan fingerprint density at radius 3 is 2.48 bits per heavy atom. The second-order valence-corrected chi connectivity index (χ2v) is 6.09. The van der Waals surface area contributed by atoms with Crippen molar-refractivity contribution in [3.8, 4) is 11.5 Å². The number of hydrogen-bond donors (Lipinski definition) is 1. The number of benzene rings is 1. The minimum Gasteiger partial charge on any atom is -0.490 e. The van der Waals surface area contributed by atoms with Crippen LogP contribution in [0.3, 0.4) is 0 Å². The Morgan fingerprint density at radius 2 is 1.90 bits per heavy atom. The average molecular weight is 360 g/mol. The number of ether oxygens (including phenoxy) is 3. The summed E-state index contributed by atoms with van der Waals surface area (Å²) in [7, 11) is 1.67. The molecule has 1 aromatic rings. The monoisotopic (exact) mass is 359 g/mol. The van der Waals surface area contributed by atoms with E-state index in [9.17, 15) is 0 Å². The first kappa shape index (κ1) is 18.3. The summed E-state index contributed by atoms with van der Waals surface area (Å²) in [5.74, 6) is 1.49. The molecule has 1 aromatic carbocycles. The molecule has 0 aliphatic heterocycles. The fraction of sp³-hybridized carbons (Fsp3) is 0.625. The van der Waals surface area contributed by atoms with Crippen LogP contribution >= 0.6 is 15.9 Å². The standard InChI is InChI=1S/C16H26BrNO3/c1-6-20-15-8-13(9-18-11(2)3)7-14(17)16(15)21-10-12(4)19-5/h7-8,11-12,18H,6,9-10H2,1-5H3. The molecule has 1 N–H and O–H groups in total. The van der Waals surface area contributed by atoms with E-state index in [1.165, 1.54) is 0 Å². The van der Waals surface area contributed by atoms with Crippen molar-refractivity contribution < 1.29 is 14.2 Å². The van der Waals surface area contributed by atoms with E-state index in [2.05, 4.69) is 41.2 Å². The summed E-state index contributed by atoms with van der Waals surface area (Å²) in [5, 5.41) is 3.40. The maximum absolute atomic E-state index is 5.84. The van der Waals surface area contributed by atoms with E-state index in [4.69, 9.17) is 14.2 Å². The van der Waals surface area contributed by atoms with E-state index in [-0.39, 0.29) is 6.10 Å². The second kappa shape index (κ2) is 9.28. The first-order chi connectivity index (χ1) is 9.97. The molecule has 0 aromatic heterocycles. The second-order valence-electron chi connectivity index (χ2n) is 5.23. The summed E-state index contributed by atoms with van der Waals surface area (Å²) in [6, 6.07) is 4.53. The molecule has 1 atom stereocenters. The van der Waals surface area contributed by atoms with Crippen molar-refractivity contribution in [2.45, 2.75) is 46.4 Å². The number of nitrogens with one attached hydrogen (secondary N) is 1. The fourth-order valence-corrected chi connectivity index (χ4v) is 2.32. The summed E-state index contributed by atoms with van der Waals surface area (Å²) in [4.78, 5) is 0. The topological polar surface area (TPSA) is 39.7 Å². The van der Waals surface area contributed by atoms with Gasteiger partial charge >= 0.3 is 0 Å². The molecule has 0 fully saturated rings. The third-order valence-electron chi connectivity index (χ3n) is 2.95. The zero-order valence-corrected chi connectivity index (χ0v) is 15.1. The summed E-state index contributed by atoms with van der Waals surface area (Å²) in [5.41, 5.74) is 1.16. The van der Waals surface area contributed by atoms with Crippen LogP contribution in [0.4, 0.5) is 0 Å². The Balaban J connectivity index is 2.90. The summed E-state index contributed by atoms with van der Waals surface area (Å²) in [6.45, 7) is 10.1. The molecular formula is C16H26BrNO3. The van der Waals surface area contributed by atoms with E-state index in [0.29, 0.717) is 19.3 Å². The molecule has 0 aliphatic carbocycles. The third-order valence-corrected chi connectivity index (χ3v) is 3.54. The van der Waals surface area contributed by atoms with Crippen LogP contribution < -0.4 is 14.8 Å². The number of halogens is 1. The van der Waals surface area contributed by atoms with Crippen LogP contribution in [-0.4, -0.2) is 32.5 Å². The van der Waals surface area contributed by atoms with Crippen molar-refractivity contribution in [3.05, 3.63) is 22.2 Å². The molecule has 0 aliphatic rings. The predicted molar refractivity (Wildman–Crippen MR) is 89.3 cm³/mol. The van der Waals surface area contributed by atoms with Crippen LogP contribution in [0.5, 0.6) is 11.5 Å². The summed E-state index contributed by atoms with van der Waals surface area (Å²) >= 11 is 3.57. The van der Waals surface area contributed by atoms with Gasteiger partial charge in [0.2, 0.25) is 0 Å². The van der Waals surface area contributed by atoms with E-state index < -0.39 is 0 Å². The largest absolute Gasteiger partial charge is 0.490 e. The molecule has 0 bridgehead atoms. The van der Waals surface area contributed by atoms with Crippen LogP contribution in [0, 0.1) is 0 Å². The van der Waals surface area contributed by atoms with Gasteiger partial charge in [-0.1, -0.05) is 13.8 Å². The molecule has 1 rings (SSSR count). The lowest BCUT2D eigenvalue weighted by Gasteiger charge is -2.18. The van der Waals surface area contributed by atoms with Crippen LogP contribution in [-0.2, 0) is 11.3 Å². The van der Waals surface area contributed by atoms with Gasteiger partial charge in [0.1, 0.15) is 6.61 Å². The van der Waals surface area contributed by atoms with Crippen molar-refractivity contribution in [1.82, 2.24) is 5.32 Å². The summed E-state index contributed by atoms with van der Waals surface area (Å²) < 4.78 is 17.7. The number of rotatable bonds is 9. The summed E-state index contributed by atoms with van der Waals surface area (Å²) in [6.07, 6.45) is 0.0358. The molecular weight excluding hydrogens is 334 g/mol. The van der Waals surface area contributed by atoms with E-state index in [1.54, 1.807) is 7.11 Å². The van der Waals surface area contributed by atoms with Gasteiger partial charge in [-0.25, -0.2) is 0 Å². The molecule has 0 heterocycles. The molecule has 0 amide bonds. The van der Waals surface area contributed by atoms with Crippen LogP contribution in [0.15, 0.2) is 16.6 Å². The van der Waals surface area contributed by atoms with Gasteiger partial charge in [0.05, 0.1) is 17.2 Å². The predicted octanol–water partition coefficient (Wildman–Crippen LogP) is 3.76. The van der Waals surface area contributed by atoms with Crippen molar-refractivity contribution in [1.29, 1.82) is 0 Å². The molecule has 5 heteroatoms. The Hall–Kier alpha value is -0.780. The van der Waals surface area contributed by atoms with Crippen LogP contribution in [0.2, 0.25) is 0 Å². The zero-order valence-electron chi connectivity index (χ0n) is 13.5. The minimum absolute atomic E-state index is 0.0358. The van der Waals surface area contributed by atoms with E-state index in [0.717, 1.165) is 28.1 Å². The van der Waals surface area contributed by atoms with Crippen LogP contribution in [0.1, 0.15) is 33.3 Å².